The first-order valence-electron chi connectivity index (χ1n) is 8.21. The van der Waals surface area contributed by atoms with Crippen molar-refractivity contribution in [3.05, 3.63) is 46.1 Å². The van der Waals surface area contributed by atoms with Crippen LogP contribution >= 0.6 is 0 Å². The smallest absolute Gasteiger partial charge is 0.181 e. The van der Waals surface area contributed by atoms with Gasteiger partial charge in [0.25, 0.3) is 0 Å². The first-order valence-corrected chi connectivity index (χ1v) is 8.21. The second-order valence-corrected chi connectivity index (χ2v) is 7.54. The van der Waals surface area contributed by atoms with Gasteiger partial charge in [-0.25, -0.2) is 0 Å². The summed E-state index contributed by atoms with van der Waals surface area (Å²) in [6.07, 6.45) is 9.86. The van der Waals surface area contributed by atoms with Crippen LogP contribution in [0.25, 0.3) is 0 Å². The minimum absolute atomic E-state index is 0.0938. The summed E-state index contributed by atoms with van der Waals surface area (Å²) in [6, 6.07) is 0. The number of nitrogens with two attached hydrogens (primary N) is 1. The summed E-state index contributed by atoms with van der Waals surface area (Å²) in [6.45, 7) is 4.17. The lowest BCUT2D eigenvalue weighted by atomic mass is 9.60. The van der Waals surface area contributed by atoms with Crippen molar-refractivity contribution in [2.45, 2.75) is 57.6 Å². The van der Waals surface area contributed by atoms with Crippen molar-refractivity contribution in [1.82, 2.24) is 0 Å². The van der Waals surface area contributed by atoms with Gasteiger partial charge in [0.15, 0.2) is 5.78 Å². The molecule has 0 saturated carbocycles. The number of allylic oxidation sites excluding steroid dienone is 4. The largest absolute Gasteiger partial charge is 0.389 e. The van der Waals surface area contributed by atoms with Crippen LogP contribution in [0.1, 0.15) is 46.0 Å². The molecule has 4 aliphatic rings. The van der Waals surface area contributed by atoms with Gasteiger partial charge in [-0.2, -0.15) is 0 Å². The fourth-order valence-electron chi connectivity index (χ4n) is 5.00. The average Bonchev–Trinajstić information content (AvgIpc) is 2.78. The minimum atomic E-state index is -0.582. The third kappa shape index (κ3) is 1.67. The Morgan fingerprint density at radius 3 is 2.82 bits per heavy atom. The van der Waals surface area contributed by atoms with E-state index in [-0.39, 0.29) is 17.3 Å². The van der Waals surface area contributed by atoms with E-state index in [0.29, 0.717) is 0 Å². The van der Waals surface area contributed by atoms with E-state index in [4.69, 9.17) is 5.73 Å². The highest BCUT2D eigenvalue weighted by Crippen LogP contribution is 2.56. The molecule has 0 spiro atoms. The van der Waals surface area contributed by atoms with Crippen molar-refractivity contribution in [1.29, 1.82) is 0 Å². The summed E-state index contributed by atoms with van der Waals surface area (Å²) in [5.41, 5.74) is 12.2. The molecule has 4 aliphatic carbocycles. The summed E-state index contributed by atoms with van der Waals surface area (Å²) >= 11 is 0. The third-order valence-corrected chi connectivity index (χ3v) is 6.23. The molecule has 22 heavy (non-hydrogen) atoms. The van der Waals surface area contributed by atoms with Crippen LogP contribution in [0.2, 0.25) is 0 Å². The monoisotopic (exact) mass is 297 g/mol. The maximum atomic E-state index is 12.0. The average molecular weight is 297 g/mol. The second kappa shape index (κ2) is 4.30. The Balaban J connectivity index is 1.89. The van der Waals surface area contributed by atoms with Crippen LogP contribution in [-0.4, -0.2) is 22.5 Å². The summed E-state index contributed by atoms with van der Waals surface area (Å²) in [5, 5.41) is 10.1. The number of carbonyl (C=O) groups is 1. The van der Waals surface area contributed by atoms with Crippen LogP contribution in [0.3, 0.4) is 0 Å². The van der Waals surface area contributed by atoms with Gasteiger partial charge >= 0.3 is 0 Å². The number of rotatable bonds is 0. The number of hydrogen-bond donors (Lipinski definition) is 2. The molecular weight excluding hydrogens is 274 g/mol. The maximum Gasteiger partial charge on any atom is 0.181 e. The van der Waals surface area contributed by atoms with Crippen LogP contribution in [0.5, 0.6) is 0 Å². The third-order valence-electron chi connectivity index (χ3n) is 6.23. The molecule has 3 N–H and O–H groups in total. The van der Waals surface area contributed by atoms with Gasteiger partial charge in [0.05, 0.1) is 11.6 Å². The minimum Gasteiger partial charge on any atom is -0.389 e. The van der Waals surface area contributed by atoms with Gasteiger partial charge in [-0.3, -0.25) is 4.79 Å². The van der Waals surface area contributed by atoms with Crippen molar-refractivity contribution < 1.29 is 9.90 Å². The van der Waals surface area contributed by atoms with Crippen molar-refractivity contribution >= 4 is 5.78 Å². The van der Waals surface area contributed by atoms with Gasteiger partial charge in [-0.05, 0) is 78.4 Å². The molecule has 0 aromatic carbocycles. The fourth-order valence-corrected chi connectivity index (χ4v) is 5.00. The molecular formula is C19H23NO2. The lowest BCUT2D eigenvalue weighted by molar-refractivity contribution is -0.111. The van der Waals surface area contributed by atoms with Crippen LogP contribution in [0.4, 0.5) is 0 Å². The molecule has 0 heterocycles. The molecule has 116 valence electrons. The molecule has 0 amide bonds. The molecule has 4 rings (SSSR count). The summed E-state index contributed by atoms with van der Waals surface area (Å²) in [7, 11) is 0. The summed E-state index contributed by atoms with van der Waals surface area (Å²) in [5.74, 6) is 0.0938. The lowest BCUT2D eigenvalue weighted by Crippen LogP contribution is -2.49. The van der Waals surface area contributed by atoms with Gasteiger partial charge in [-0.15, -0.1) is 0 Å². The Labute approximate surface area is 131 Å². The molecule has 0 bridgehead atoms. The zero-order valence-electron chi connectivity index (χ0n) is 13.3. The number of carbonyl (C=O) groups excluding carboxylic acids is 1. The fraction of sp³-hybridized carbons (Fsp3) is 0.526. The molecule has 0 radical (unpaired) electrons. The standard InChI is InChI=1S/C19H23NO2/c1-11-14-4-3-13-15(19(14,20)8-6-17(11)22)5-7-18(2)10-12(21)9-16(13)18/h6,8-9,12,21H,3-5,7,10,20H2,1-2H3/t12-,18-,19+/m1/s1. The zero-order valence-corrected chi connectivity index (χ0v) is 13.3. The van der Waals surface area contributed by atoms with Gasteiger partial charge in [0.1, 0.15) is 0 Å². The van der Waals surface area contributed by atoms with Crippen molar-refractivity contribution in [2.24, 2.45) is 11.1 Å². The highest BCUT2D eigenvalue weighted by Gasteiger charge is 2.48. The molecule has 3 atom stereocenters. The maximum absolute atomic E-state index is 12.0. The first kappa shape index (κ1) is 14.2. The molecule has 0 aliphatic heterocycles. The number of fused-ring (bicyclic) bond motifs is 4. The molecule has 0 fully saturated rings. The molecule has 0 saturated heterocycles. The predicted octanol–water partition coefficient (Wildman–Crippen LogP) is 2.72. The van der Waals surface area contributed by atoms with E-state index in [9.17, 15) is 9.90 Å². The van der Waals surface area contributed by atoms with E-state index in [1.54, 1.807) is 6.08 Å². The van der Waals surface area contributed by atoms with Crippen molar-refractivity contribution in [3.63, 3.8) is 0 Å². The van der Waals surface area contributed by atoms with Crippen molar-refractivity contribution in [3.8, 4) is 0 Å². The number of ketones is 1. The van der Waals surface area contributed by atoms with Crippen LogP contribution in [0, 0.1) is 5.41 Å². The first-order chi connectivity index (χ1) is 10.3. The van der Waals surface area contributed by atoms with Gasteiger partial charge in [-0.1, -0.05) is 19.1 Å². The summed E-state index contributed by atoms with van der Waals surface area (Å²) in [4.78, 5) is 12.0. The summed E-state index contributed by atoms with van der Waals surface area (Å²) < 4.78 is 0. The SMILES string of the molecule is CC1=C2CCC3=C(CC[C@]4(C)C[C@H](O)C=C34)[C@]2(N)C=CC1=O. The molecule has 0 unspecified atom stereocenters. The van der Waals surface area contributed by atoms with Crippen LogP contribution < -0.4 is 5.73 Å². The Morgan fingerprint density at radius 1 is 1.27 bits per heavy atom. The second-order valence-electron chi connectivity index (χ2n) is 7.54. The lowest BCUT2D eigenvalue weighted by Gasteiger charge is -2.47. The topological polar surface area (TPSA) is 63.3 Å². The Morgan fingerprint density at radius 2 is 2.05 bits per heavy atom. The van der Waals surface area contributed by atoms with Gasteiger partial charge in [0, 0.05) is 0 Å². The zero-order chi connectivity index (χ0) is 15.7. The number of aliphatic hydroxyl groups is 1. The van der Waals surface area contributed by atoms with E-state index in [2.05, 4.69) is 6.92 Å². The number of aliphatic hydroxyl groups excluding tert-OH is 1. The molecule has 0 aromatic heterocycles. The van der Waals surface area contributed by atoms with E-state index in [1.165, 1.54) is 16.7 Å². The molecule has 0 aromatic rings. The Bertz CT molecular complexity index is 709. The van der Waals surface area contributed by atoms with Gasteiger partial charge in [0.2, 0.25) is 0 Å². The van der Waals surface area contributed by atoms with E-state index >= 15 is 0 Å². The van der Waals surface area contributed by atoms with E-state index in [0.717, 1.165) is 43.3 Å². The normalized spacial score (nSPS) is 40.5. The quantitative estimate of drug-likeness (QED) is 0.722. The predicted molar refractivity (Wildman–Crippen MR) is 86.1 cm³/mol. The Kier molecular flexibility index (Phi) is 2.77. The van der Waals surface area contributed by atoms with Crippen LogP contribution in [-0.2, 0) is 4.79 Å². The van der Waals surface area contributed by atoms with Gasteiger partial charge < -0.3 is 10.8 Å². The number of hydrogen-bond acceptors (Lipinski definition) is 3. The highest BCUT2D eigenvalue weighted by molar-refractivity contribution is 6.06. The molecule has 3 heteroatoms. The van der Waals surface area contributed by atoms with Crippen LogP contribution in [0.15, 0.2) is 46.1 Å². The highest BCUT2D eigenvalue weighted by atomic mass is 16.3. The molecule has 3 nitrogen and oxygen atoms in total. The Hall–Kier alpha value is -1.45. The van der Waals surface area contributed by atoms with E-state index < -0.39 is 5.54 Å². The van der Waals surface area contributed by atoms with E-state index in [1.807, 2.05) is 19.1 Å². The van der Waals surface area contributed by atoms with Crippen molar-refractivity contribution in [2.75, 3.05) is 0 Å².